The number of benzene rings is 1. The molecule has 130 valence electrons. The lowest BCUT2D eigenvalue weighted by Crippen LogP contribution is -2.37. The first-order valence-electron chi connectivity index (χ1n) is 8.93. The minimum absolute atomic E-state index is 0.0829. The summed E-state index contributed by atoms with van der Waals surface area (Å²) in [5.74, 6) is 0. The van der Waals surface area contributed by atoms with Gasteiger partial charge in [0.1, 0.15) is 0 Å². The Morgan fingerprint density at radius 3 is 2.96 bits per heavy atom. The lowest BCUT2D eigenvalue weighted by Gasteiger charge is -2.29. The highest BCUT2D eigenvalue weighted by atomic mass is 16.3. The van der Waals surface area contributed by atoms with E-state index in [0.29, 0.717) is 0 Å². The van der Waals surface area contributed by atoms with Crippen molar-refractivity contribution in [2.24, 2.45) is 0 Å². The molecule has 24 heavy (non-hydrogen) atoms. The van der Waals surface area contributed by atoms with Gasteiger partial charge in [0, 0.05) is 30.8 Å². The van der Waals surface area contributed by atoms with Gasteiger partial charge in [-0.2, -0.15) is 5.10 Å². The molecule has 5 heteroatoms. The Balaban J connectivity index is 1.42. The Morgan fingerprint density at radius 1 is 1.33 bits per heavy atom. The maximum absolute atomic E-state index is 9.53. The van der Waals surface area contributed by atoms with Gasteiger partial charge in [-0.15, -0.1) is 0 Å². The number of hydrogen-bond donors (Lipinski definition) is 3. The van der Waals surface area contributed by atoms with E-state index in [1.54, 1.807) is 0 Å². The number of likely N-dealkylation sites (tertiary alicyclic amines) is 1. The number of aryl methyl sites for hydroxylation is 1. The van der Waals surface area contributed by atoms with E-state index in [1.807, 2.05) is 6.20 Å². The van der Waals surface area contributed by atoms with Crippen molar-refractivity contribution in [3.8, 4) is 11.3 Å². The third kappa shape index (κ3) is 4.66. The molecular formula is C19H28N4O. The molecule has 0 saturated carbocycles. The average molecular weight is 328 g/mol. The van der Waals surface area contributed by atoms with E-state index >= 15 is 0 Å². The lowest BCUT2D eigenvalue weighted by molar-refractivity contribution is 0.0821. The molecule has 0 spiro atoms. The van der Waals surface area contributed by atoms with Crippen LogP contribution in [0.15, 0.2) is 30.5 Å². The summed E-state index contributed by atoms with van der Waals surface area (Å²) >= 11 is 0. The van der Waals surface area contributed by atoms with Crippen LogP contribution in [0.4, 0.5) is 0 Å². The number of piperidine rings is 1. The highest BCUT2D eigenvalue weighted by molar-refractivity contribution is 5.63. The van der Waals surface area contributed by atoms with Crippen molar-refractivity contribution in [2.75, 3.05) is 26.2 Å². The van der Waals surface area contributed by atoms with E-state index in [2.05, 4.69) is 51.6 Å². The number of rotatable bonds is 7. The fourth-order valence-corrected chi connectivity index (χ4v) is 3.29. The minimum atomic E-state index is -0.0829. The number of aliphatic hydroxyl groups is 1. The van der Waals surface area contributed by atoms with E-state index < -0.39 is 0 Å². The molecule has 1 aliphatic heterocycles. The Morgan fingerprint density at radius 2 is 2.17 bits per heavy atom. The maximum atomic E-state index is 9.53. The Labute approximate surface area is 144 Å². The molecule has 2 heterocycles. The molecule has 1 aromatic carbocycles. The smallest absolute Gasteiger partial charge is 0.0695 e. The van der Waals surface area contributed by atoms with Crippen molar-refractivity contribution in [1.82, 2.24) is 20.4 Å². The van der Waals surface area contributed by atoms with Gasteiger partial charge in [0.05, 0.1) is 18.0 Å². The molecule has 1 aromatic heterocycles. The minimum Gasteiger partial charge on any atom is -0.393 e. The second-order valence-corrected chi connectivity index (χ2v) is 6.74. The number of nitrogens with zero attached hydrogens (tertiary/aromatic N) is 2. The summed E-state index contributed by atoms with van der Waals surface area (Å²) in [5.41, 5.74) is 4.77. The second kappa shape index (κ2) is 8.42. The number of nitrogens with one attached hydrogen (secondary N) is 2. The van der Waals surface area contributed by atoms with Crippen LogP contribution in [0.5, 0.6) is 0 Å². The van der Waals surface area contributed by atoms with Gasteiger partial charge in [0.2, 0.25) is 0 Å². The van der Waals surface area contributed by atoms with Gasteiger partial charge in [-0.1, -0.05) is 23.8 Å². The van der Waals surface area contributed by atoms with Gasteiger partial charge in [-0.3, -0.25) is 5.10 Å². The second-order valence-electron chi connectivity index (χ2n) is 6.74. The molecule has 0 amide bonds. The van der Waals surface area contributed by atoms with Crippen LogP contribution in [0.1, 0.15) is 30.4 Å². The molecule has 1 aliphatic rings. The van der Waals surface area contributed by atoms with Crippen molar-refractivity contribution in [2.45, 2.75) is 38.8 Å². The third-order valence-electron chi connectivity index (χ3n) is 4.73. The van der Waals surface area contributed by atoms with Crippen LogP contribution in [0.25, 0.3) is 11.3 Å². The van der Waals surface area contributed by atoms with E-state index in [9.17, 15) is 5.11 Å². The van der Waals surface area contributed by atoms with E-state index in [4.69, 9.17) is 0 Å². The topological polar surface area (TPSA) is 64.2 Å². The Bertz CT molecular complexity index is 632. The van der Waals surface area contributed by atoms with Crippen molar-refractivity contribution in [3.63, 3.8) is 0 Å². The normalized spacial score (nSPS) is 16.6. The Kier molecular flexibility index (Phi) is 6.01. The number of H-pyrrole nitrogens is 1. The number of aliphatic hydroxyl groups excluding tert-OH is 1. The van der Waals surface area contributed by atoms with Crippen molar-refractivity contribution in [1.29, 1.82) is 0 Å². The largest absolute Gasteiger partial charge is 0.393 e. The molecule has 1 saturated heterocycles. The number of aromatic nitrogens is 2. The molecule has 0 aliphatic carbocycles. The molecular weight excluding hydrogens is 300 g/mol. The van der Waals surface area contributed by atoms with Crippen LogP contribution in [-0.4, -0.2) is 52.5 Å². The predicted octanol–water partition coefficient (Wildman–Crippen LogP) is 2.32. The molecule has 1 fully saturated rings. The van der Waals surface area contributed by atoms with E-state index in [-0.39, 0.29) is 6.10 Å². The van der Waals surface area contributed by atoms with Gasteiger partial charge < -0.3 is 15.3 Å². The lowest BCUT2D eigenvalue weighted by atomic mass is 10.1. The van der Waals surface area contributed by atoms with Crippen molar-refractivity contribution in [3.05, 3.63) is 41.6 Å². The van der Waals surface area contributed by atoms with Gasteiger partial charge in [0.25, 0.3) is 0 Å². The fraction of sp³-hybridized carbons (Fsp3) is 0.526. The van der Waals surface area contributed by atoms with Crippen LogP contribution in [-0.2, 0) is 6.54 Å². The van der Waals surface area contributed by atoms with Gasteiger partial charge in [-0.05, 0) is 45.3 Å². The highest BCUT2D eigenvalue weighted by Gasteiger charge is 2.16. The van der Waals surface area contributed by atoms with Crippen LogP contribution in [0, 0.1) is 6.92 Å². The Hall–Kier alpha value is -1.69. The van der Waals surface area contributed by atoms with Gasteiger partial charge >= 0.3 is 0 Å². The van der Waals surface area contributed by atoms with Crippen LogP contribution in [0.2, 0.25) is 0 Å². The summed E-state index contributed by atoms with van der Waals surface area (Å²) in [4.78, 5) is 2.45. The zero-order valence-corrected chi connectivity index (χ0v) is 14.5. The number of aromatic amines is 1. The predicted molar refractivity (Wildman–Crippen MR) is 96.8 cm³/mol. The molecule has 3 rings (SSSR count). The zero-order chi connectivity index (χ0) is 16.8. The monoisotopic (exact) mass is 328 g/mol. The average Bonchev–Trinajstić information content (AvgIpc) is 3.05. The summed E-state index contributed by atoms with van der Waals surface area (Å²) in [7, 11) is 0. The van der Waals surface area contributed by atoms with Crippen LogP contribution < -0.4 is 5.32 Å². The summed E-state index contributed by atoms with van der Waals surface area (Å²) in [6.45, 7) is 7.10. The summed E-state index contributed by atoms with van der Waals surface area (Å²) in [5, 5.41) is 20.4. The molecule has 0 radical (unpaired) electrons. The first-order chi connectivity index (χ1) is 11.7. The van der Waals surface area contributed by atoms with Crippen molar-refractivity contribution < 1.29 is 5.11 Å². The first-order valence-corrected chi connectivity index (χ1v) is 8.93. The molecule has 0 bridgehead atoms. The van der Waals surface area contributed by atoms with E-state index in [0.717, 1.165) is 57.7 Å². The molecule has 5 nitrogen and oxygen atoms in total. The maximum Gasteiger partial charge on any atom is 0.0695 e. The zero-order valence-electron chi connectivity index (χ0n) is 14.5. The summed E-state index contributed by atoms with van der Waals surface area (Å²) in [6.07, 6.45) is 4.80. The summed E-state index contributed by atoms with van der Waals surface area (Å²) < 4.78 is 0. The molecule has 0 unspecified atom stereocenters. The standard InChI is InChI=1S/C19H28N4O/c1-15-4-2-5-16(12-15)19-17(14-21-22-19)13-20-8-3-9-23-10-6-18(24)7-11-23/h2,4-5,12,14,18,20,24H,3,6-11,13H2,1H3,(H,21,22). The number of hydrogen-bond acceptors (Lipinski definition) is 4. The van der Waals surface area contributed by atoms with Gasteiger partial charge in [0.15, 0.2) is 0 Å². The molecule has 0 atom stereocenters. The van der Waals surface area contributed by atoms with Crippen LogP contribution >= 0.6 is 0 Å². The SMILES string of the molecule is Cc1cccc(-c2[nH]ncc2CNCCCN2CCC(O)CC2)c1. The fourth-order valence-electron chi connectivity index (χ4n) is 3.29. The van der Waals surface area contributed by atoms with Gasteiger partial charge in [-0.25, -0.2) is 0 Å². The summed E-state index contributed by atoms with van der Waals surface area (Å²) in [6, 6.07) is 8.49. The molecule has 3 N–H and O–H groups in total. The molecule has 2 aromatic rings. The van der Waals surface area contributed by atoms with Crippen LogP contribution in [0.3, 0.4) is 0 Å². The highest BCUT2D eigenvalue weighted by Crippen LogP contribution is 2.21. The quantitative estimate of drug-likeness (QED) is 0.683. The van der Waals surface area contributed by atoms with E-state index in [1.165, 1.54) is 16.7 Å². The third-order valence-corrected chi connectivity index (χ3v) is 4.73. The van der Waals surface area contributed by atoms with Crippen molar-refractivity contribution >= 4 is 0 Å². The first kappa shape index (κ1) is 17.1.